The maximum Gasteiger partial charge on any atom is 0.328 e. The van der Waals surface area contributed by atoms with E-state index in [1.54, 1.807) is 30.6 Å². The second kappa shape index (κ2) is 6.90. The summed E-state index contributed by atoms with van der Waals surface area (Å²) in [5, 5.41) is 9.01. The second-order valence-electron chi connectivity index (χ2n) is 4.52. The number of benzene rings is 1. The number of carboxylic acids is 1. The Bertz CT molecular complexity index is 683. The maximum atomic E-state index is 10.5. The summed E-state index contributed by atoms with van der Waals surface area (Å²) in [4.78, 5) is 14.6. The van der Waals surface area contributed by atoms with E-state index >= 15 is 0 Å². The second-order valence-corrected chi connectivity index (χ2v) is 4.93. The van der Waals surface area contributed by atoms with E-state index in [2.05, 4.69) is 4.98 Å². The smallest absolute Gasteiger partial charge is 0.328 e. The first kappa shape index (κ1) is 15.1. The van der Waals surface area contributed by atoms with Gasteiger partial charge in [0, 0.05) is 24.0 Å². The van der Waals surface area contributed by atoms with Gasteiger partial charge in [0.25, 0.3) is 0 Å². The molecule has 0 saturated carbocycles. The average molecular weight is 304 g/mol. The number of ether oxygens (including phenoxy) is 1. The number of carboxylic acid groups (broad SMARTS) is 1. The minimum absolute atomic E-state index is 0.374. The molecule has 1 aromatic heterocycles. The molecule has 1 heterocycles. The SMILES string of the molecule is Cc1cncc(COc2ccc(/C=C/C(=O)O)cc2Cl)c1. The fourth-order valence-corrected chi connectivity index (χ4v) is 2.01. The van der Waals surface area contributed by atoms with Gasteiger partial charge in [-0.15, -0.1) is 0 Å². The Morgan fingerprint density at radius 2 is 2.19 bits per heavy atom. The maximum absolute atomic E-state index is 10.5. The van der Waals surface area contributed by atoms with Gasteiger partial charge in [-0.2, -0.15) is 0 Å². The van der Waals surface area contributed by atoms with Gasteiger partial charge in [-0.1, -0.05) is 17.7 Å². The highest BCUT2D eigenvalue weighted by molar-refractivity contribution is 6.32. The monoisotopic (exact) mass is 303 g/mol. The van der Waals surface area contributed by atoms with Crippen LogP contribution in [0.5, 0.6) is 5.75 Å². The van der Waals surface area contributed by atoms with Gasteiger partial charge in [0.15, 0.2) is 0 Å². The van der Waals surface area contributed by atoms with Crippen molar-refractivity contribution >= 4 is 23.6 Å². The first-order valence-electron chi connectivity index (χ1n) is 6.28. The van der Waals surface area contributed by atoms with Gasteiger partial charge in [0.05, 0.1) is 5.02 Å². The van der Waals surface area contributed by atoms with Crippen LogP contribution in [0.1, 0.15) is 16.7 Å². The molecule has 0 aliphatic carbocycles. The van der Waals surface area contributed by atoms with E-state index in [-0.39, 0.29) is 0 Å². The Balaban J connectivity index is 2.06. The highest BCUT2D eigenvalue weighted by atomic mass is 35.5. The van der Waals surface area contributed by atoms with Crippen molar-refractivity contribution in [3.8, 4) is 5.75 Å². The first-order chi connectivity index (χ1) is 10.0. The molecule has 4 nitrogen and oxygen atoms in total. The van der Waals surface area contributed by atoms with Crippen molar-refractivity contribution in [2.24, 2.45) is 0 Å². The molecule has 0 unspecified atom stereocenters. The molecule has 0 fully saturated rings. The van der Waals surface area contributed by atoms with Gasteiger partial charge in [0.1, 0.15) is 12.4 Å². The van der Waals surface area contributed by atoms with Crippen LogP contribution in [0.25, 0.3) is 6.08 Å². The predicted molar refractivity (Wildman–Crippen MR) is 81.4 cm³/mol. The van der Waals surface area contributed by atoms with E-state index in [0.29, 0.717) is 22.9 Å². The lowest BCUT2D eigenvalue weighted by atomic mass is 10.2. The summed E-state index contributed by atoms with van der Waals surface area (Å²) in [6.07, 6.45) is 6.05. The molecule has 1 N–H and O–H groups in total. The number of pyridine rings is 1. The number of hydrogen-bond acceptors (Lipinski definition) is 3. The van der Waals surface area contributed by atoms with Crippen molar-refractivity contribution in [2.45, 2.75) is 13.5 Å². The summed E-state index contributed by atoms with van der Waals surface area (Å²) < 4.78 is 5.65. The number of rotatable bonds is 5. The van der Waals surface area contributed by atoms with Crippen LogP contribution >= 0.6 is 11.6 Å². The van der Waals surface area contributed by atoms with Crippen LogP contribution in [0.3, 0.4) is 0 Å². The average Bonchev–Trinajstić information content (AvgIpc) is 2.44. The fourth-order valence-electron chi connectivity index (χ4n) is 1.76. The van der Waals surface area contributed by atoms with Crippen LogP contribution in [0.15, 0.2) is 42.7 Å². The van der Waals surface area contributed by atoms with Crippen LogP contribution in [-0.2, 0) is 11.4 Å². The van der Waals surface area contributed by atoms with Crippen LogP contribution < -0.4 is 4.74 Å². The Morgan fingerprint density at radius 3 is 2.86 bits per heavy atom. The summed E-state index contributed by atoms with van der Waals surface area (Å²) in [7, 11) is 0. The summed E-state index contributed by atoms with van der Waals surface area (Å²) in [5.41, 5.74) is 2.73. The van der Waals surface area contributed by atoms with Crippen LogP contribution in [0.2, 0.25) is 5.02 Å². The Morgan fingerprint density at radius 1 is 1.38 bits per heavy atom. The van der Waals surface area contributed by atoms with Crippen LogP contribution in [0.4, 0.5) is 0 Å². The Hall–Kier alpha value is -2.33. The highest BCUT2D eigenvalue weighted by Gasteiger charge is 2.03. The molecule has 0 aliphatic rings. The molecule has 108 valence electrons. The zero-order valence-corrected chi connectivity index (χ0v) is 12.2. The van der Waals surface area contributed by atoms with Crippen LogP contribution in [0, 0.1) is 6.92 Å². The lowest BCUT2D eigenvalue weighted by Gasteiger charge is -2.09. The van der Waals surface area contributed by atoms with Gasteiger partial charge < -0.3 is 9.84 Å². The number of halogens is 1. The van der Waals surface area contributed by atoms with Gasteiger partial charge in [-0.25, -0.2) is 4.79 Å². The molecule has 0 bridgehead atoms. The van der Waals surface area contributed by atoms with Gasteiger partial charge >= 0.3 is 5.97 Å². The molecule has 5 heteroatoms. The number of hydrogen-bond donors (Lipinski definition) is 1. The molecular weight excluding hydrogens is 290 g/mol. The third-order valence-corrected chi connectivity index (χ3v) is 3.00. The molecule has 1 aromatic carbocycles. The van der Waals surface area contributed by atoms with Crippen molar-refractivity contribution in [1.82, 2.24) is 4.98 Å². The molecule has 0 spiro atoms. The van der Waals surface area contributed by atoms with E-state index in [1.165, 1.54) is 6.08 Å². The van der Waals surface area contributed by atoms with Crippen molar-refractivity contribution in [1.29, 1.82) is 0 Å². The lowest BCUT2D eigenvalue weighted by molar-refractivity contribution is -0.131. The van der Waals surface area contributed by atoms with Crippen LogP contribution in [-0.4, -0.2) is 16.1 Å². The molecular formula is C16H14ClNO3. The first-order valence-corrected chi connectivity index (χ1v) is 6.66. The normalized spacial score (nSPS) is 10.8. The quantitative estimate of drug-likeness (QED) is 0.855. The van der Waals surface area contributed by atoms with Crippen molar-refractivity contribution in [3.05, 3.63) is 64.4 Å². The van der Waals surface area contributed by atoms with E-state index in [1.807, 2.05) is 13.0 Å². The fraction of sp³-hybridized carbons (Fsp3) is 0.125. The molecule has 0 atom stereocenters. The lowest BCUT2D eigenvalue weighted by Crippen LogP contribution is -1.97. The van der Waals surface area contributed by atoms with E-state index in [9.17, 15) is 4.79 Å². The highest BCUT2D eigenvalue weighted by Crippen LogP contribution is 2.26. The largest absolute Gasteiger partial charge is 0.487 e. The third kappa shape index (κ3) is 4.61. The third-order valence-electron chi connectivity index (χ3n) is 2.70. The van der Waals surface area contributed by atoms with Gasteiger partial charge in [0.2, 0.25) is 0 Å². The standard InChI is InChI=1S/C16H14ClNO3/c1-11-6-13(9-18-8-11)10-21-15-4-2-12(7-14(15)17)3-5-16(19)20/h2-9H,10H2,1H3,(H,19,20)/b5-3+. The van der Waals surface area contributed by atoms with Crippen molar-refractivity contribution in [2.75, 3.05) is 0 Å². The molecule has 2 rings (SSSR count). The zero-order chi connectivity index (χ0) is 15.2. The summed E-state index contributed by atoms with van der Waals surface area (Å²) in [6.45, 7) is 2.34. The molecule has 2 aromatic rings. The summed E-state index contributed by atoms with van der Waals surface area (Å²) >= 11 is 6.12. The zero-order valence-electron chi connectivity index (χ0n) is 11.4. The minimum atomic E-state index is -1.00. The molecule has 0 radical (unpaired) electrons. The molecule has 21 heavy (non-hydrogen) atoms. The minimum Gasteiger partial charge on any atom is -0.487 e. The van der Waals surface area contributed by atoms with Gasteiger partial charge in [-0.05, 0) is 42.3 Å². The van der Waals surface area contributed by atoms with E-state index in [4.69, 9.17) is 21.4 Å². The van der Waals surface area contributed by atoms with Crippen molar-refractivity contribution < 1.29 is 14.6 Å². The molecule has 0 aliphatic heterocycles. The number of aromatic nitrogens is 1. The van der Waals surface area contributed by atoms with Gasteiger partial charge in [-0.3, -0.25) is 4.98 Å². The Labute approximate surface area is 127 Å². The number of aryl methyl sites for hydroxylation is 1. The molecule has 0 amide bonds. The summed E-state index contributed by atoms with van der Waals surface area (Å²) in [6, 6.07) is 7.11. The number of carbonyl (C=O) groups is 1. The topological polar surface area (TPSA) is 59.4 Å². The predicted octanol–water partition coefficient (Wildman–Crippen LogP) is 3.72. The van der Waals surface area contributed by atoms with E-state index < -0.39 is 5.97 Å². The molecule has 0 saturated heterocycles. The summed E-state index contributed by atoms with van der Waals surface area (Å²) in [5.74, 6) is -0.455. The van der Waals surface area contributed by atoms with Crippen molar-refractivity contribution in [3.63, 3.8) is 0 Å². The number of nitrogens with zero attached hydrogens (tertiary/aromatic N) is 1. The Kier molecular flexibility index (Phi) is 4.95. The van der Waals surface area contributed by atoms with E-state index in [0.717, 1.165) is 17.2 Å². The number of aliphatic carboxylic acids is 1.